The number of para-hydroxylation sites is 1. The highest BCUT2D eigenvalue weighted by Gasteiger charge is 2.33. The van der Waals surface area contributed by atoms with E-state index in [1.54, 1.807) is 11.0 Å². The van der Waals surface area contributed by atoms with Crippen molar-refractivity contribution in [1.29, 1.82) is 0 Å². The van der Waals surface area contributed by atoms with E-state index in [0.29, 0.717) is 15.0 Å². The van der Waals surface area contributed by atoms with Crippen LogP contribution in [-0.2, 0) is 4.79 Å². The molecule has 4 aromatic rings. The lowest BCUT2D eigenvalue weighted by atomic mass is 10.0. The number of amides is 1. The Morgan fingerprint density at radius 2 is 1.62 bits per heavy atom. The third-order valence-corrected chi connectivity index (χ3v) is 6.07. The molecule has 1 aromatic heterocycles. The van der Waals surface area contributed by atoms with Crippen molar-refractivity contribution in [2.24, 2.45) is 0 Å². The molecule has 0 bridgehead atoms. The lowest BCUT2D eigenvalue weighted by Gasteiger charge is -2.13. The molecule has 1 saturated heterocycles. The van der Waals surface area contributed by atoms with E-state index in [1.807, 2.05) is 66.7 Å². The molecular weight excluding hydrogens is 398 g/mol. The number of nitrogens with zero attached hydrogens (tertiary/aromatic N) is 1. The molecule has 0 atom stereocenters. The predicted molar refractivity (Wildman–Crippen MR) is 124 cm³/mol. The summed E-state index contributed by atoms with van der Waals surface area (Å²) in [6.07, 6.45) is 1.76. The van der Waals surface area contributed by atoms with Crippen molar-refractivity contribution in [2.75, 3.05) is 4.90 Å². The largest absolute Gasteiger partial charge is 0.457 e. The molecule has 0 aliphatic carbocycles. The number of benzene rings is 3. The van der Waals surface area contributed by atoms with Crippen molar-refractivity contribution >= 4 is 56.7 Å². The lowest BCUT2D eigenvalue weighted by Crippen LogP contribution is -2.27. The van der Waals surface area contributed by atoms with Gasteiger partial charge < -0.3 is 4.42 Å². The minimum atomic E-state index is -0.130. The summed E-state index contributed by atoms with van der Waals surface area (Å²) in [5.41, 5.74) is 1.80. The smallest absolute Gasteiger partial charge is 0.270 e. The Morgan fingerprint density at radius 3 is 2.48 bits per heavy atom. The van der Waals surface area contributed by atoms with Crippen LogP contribution in [0, 0.1) is 0 Å². The Hall–Kier alpha value is -3.15. The number of hydrogen-bond donors (Lipinski definition) is 0. The number of anilines is 1. The van der Waals surface area contributed by atoms with E-state index >= 15 is 0 Å². The first kappa shape index (κ1) is 17.9. The molecule has 2 heterocycles. The number of carbonyl (C=O) groups excluding carboxylic acids is 1. The zero-order valence-electron chi connectivity index (χ0n) is 15.2. The Kier molecular flexibility index (Phi) is 4.54. The second-order valence-electron chi connectivity index (χ2n) is 6.58. The minimum Gasteiger partial charge on any atom is -0.457 e. The monoisotopic (exact) mass is 413 g/mol. The van der Waals surface area contributed by atoms with E-state index < -0.39 is 0 Å². The molecule has 0 radical (unpaired) electrons. The van der Waals surface area contributed by atoms with E-state index in [2.05, 4.69) is 18.2 Å². The van der Waals surface area contributed by atoms with Crippen LogP contribution >= 0.6 is 24.0 Å². The summed E-state index contributed by atoms with van der Waals surface area (Å²) < 4.78 is 6.58. The summed E-state index contributed by atoms with van der Waals surface area (Å²) in [7, 11) is 0. The van der Waals surface area contributed by atoms with E-state index in [-0.39, 0.29) is 5.91 Å². The Balaban J connectivity index is 1.48. The Labute approximate surface area is 177 Å². The molecule has 29 heavy (non-hydrogen) atoms. The van der Waals surface area contributed by atoms with Gasteiger partial charge in [-0.15, -0.1) is 0 Å². The van der Waals surface area contributed by atoms with Crippen LogP contribution in [0.4, 0.5) is 5.69 Å². The van der Waals surface area contributed by atoms with Crippen molar-refractivity contribution in [2.45, 2.75) is 0 Å². The van der Waals surface area contributed by atoms with Crippen molar-refractivity contribution in [3.8, 4) is 11.3 Å². The average molecular weight is 414 g/mol. The van der Waals surface area contributed by atoms with E-state index in [4.69, 9.17) is 16.6 Å². The fraction of sp³-hybridized carbons (Fsp3) is 0. The standard InChI is InChI=1S/C24H15NO2S2/c26-23-22(29-24(28)25(23)17-9-2-1-3-10-17)15-18-13-14-21(27-18)20-12-6-8-16-7-4-5-11-19(16)20/h1-15H/b22-15-. The quantitative estimate of drug-likeness (QED) is 0.283. The molecule has 1 fully saturated rings. The maximum absolute atomic E-state index is 12.9. The number of carbonyl (C=O) groups is 1. The summed E-state index contributed by atoms with van der Waals surface area (Å²) in [5.74, 6) is 1.27. The van der Waals surface area contributed by atoms with Crippen molar-refractivity contribution in [1.82, 2.24) is 0 Å². The summed E-state index contributed by atoms with van der Waals surface area (Å²) in [4.78, 5) is 15.0. The van der Waals surface area contributed by atoms with Crippen molar-refractivity contribution in [3.63, 3.8) is 0 Å². The van der Waals surface area contributed by atoms with Gasteiger partial charge >= 0.3 is 0 Å². The summed E-state index contributed by atoms with van der Waals surface area (Å²) in [5, 5.41) is 2.29. The molecule has 5 heteroatoms. The van der Waals surface area contributed by atoms with Gasteiger partial charge in [0.15, 0.2) is 4.32 Å². The predicted octanol–water partition coefficient (Wildman–Crippen LogP) is 6.51. The van der Waals surface area contributed by atoms with E-state index in [9.17, 15) is 4.79 Å². The SMILES string of the molecule is O=C1/C(=C/c2ccc(-c3cccc4ccccc34)o2)SC(=S)N1c1ccccc1. The maximum Gasteiger partial charge on any atom is 0.270 e. The number of thioether (sulfide) groups is 1. The third-order valence-electron chi connectivity index (χ3n) is 4.76. The third kappa shape index (κ3) is 3.28. The van der Waals surface area contributed by atoms with Gasteiger partial charge in [0.05, 0.1) is 10.6 Å². The molecule has 0 saturated carbocycles. The molecule has 1 aliphatic heterocycles. The van der Waals surface area contributed by atoms with Gasteiger partial charge in [0.2, 0.25) is 0 Å². The summed E-state index contributed by atoms with van der Waals surface area (Å²) in [6.45, 7) is 0. The van der Waals surface area contributed by atoms with Gasteiger partial charge in [0, 0.05) is 11.6 Å². The van der Waals surface area contributed by atoms with E-state index in [0.717, 1.165) is 27.8 Å². The average Bonchev–Trinajstić information content (AvgIpc) is 3.32. The first-order chi connectivity index (χ1) is 14.2. The normalized spacial score (nSPS) is 15.6. The fourth-order valence-electron chi connectivity index (χ4n) is 3.41. The second kappa shape index (κ2) is 7.35. The molecule has 140 valence electrons. The Bertz CT molecular complexity index is 1270. The van der Waals surface area contributed by atoms with Crippen LogP contribution in [-0.4, -0.2) is 10.2 Å². The van der Waals surface area contributed by atoms with Gasteiger partial charge in [-0.3, -0.25) is 9.69 Å². The van der Waals surface area contributed by atoms with Gasteiger partial charge in [-0.1, -0.05) is 84.6 Å². The van der Waals surface area contributed by atoms with Crippen molar-refractivity contribution in [3.05, 3.63) is 95.6 Å². The molecule has 0 spiro atoms. The van der Waals surface area contributed by atoms with Gasteiger partial charge in [-0.25, -0.2) is 0 Å². The number of thiocarbonyl (C=S) groups is 1. The van der Waals surface area contributed by atoms with Gasteiger partial charge in [-0.2, -0.15) is 0 Å². The maximum atomic E-state index is 12.9. The first-order valence-corrected chi connectivity index (χ1v) is 10.3. The molecule has 1 amide bonds. The van der Waals surface area contributed by atoms with Gasteiger partial charge in [0.25, 0.3) is 5.91 Å². The summed E-state index contributed by atoms with van der Waals surface area (Å²) >= 11 is 6.71. The van der Waals surface area contributed by atoms with Crippen LogP contribution in [0.2, 0.25) is 0 Å². The minimum absolute atomic E-state index is 0.130. The van der Waals surface area contributed by atoms with Crippen molar-refractivity contribution < 1.29 is 9.21 Å². The lowest BCUT2D eigenvalue weighted by molar-refractivity contribution is -0.113. The Morgan fingerprint density at radius 1 is 0.862 bits per heavy atom. The number of furan rings is 1. The van der Waals surface area contributed by atoms with Crippen LogP contribution in [0.15, 0.2) is 94.3 Å². The van der Waals surface area contributed by atoms with Crippen LogP contribution in [0.5, 0.6) is 0 Å². The molecule has 3 nitrogen and oxygen atoms in total. The first-order valence-electron chi connectivity index (χ1n) is 9.12. The molecule has 3 aromatic carbocycles. The van der Waals surface area contributed by atoms with Crippen LogP contribution in [0.25, 0.3) is 28.2 Å². The van der Waals surface area contributed by atoms with Crippen LogP contribution in [0.3, 0.4) is 0 Å². The zero-order valence-corrected chi connectivity index (χ0v) is 16.9. The topological polar surface area (TPSA) is 33.5 Å². The van der Waals surface area contributed by atoms with Crippen LogP contribution < -0.4 is 4.90 Å². The number of rotatable bonds is 3. The van der Waals surface area contributed by atoms with Crippen LogP contribution in [0.1, 0.15) is 5.76 Å². The molecule has 1 aliphatic rings. The highest BCUT2D eigenvalue weighted by atomic mass is 32.2. The number of fused-ring (bicyclic) bond motifs is 1. The van der Waals surface area contributed by atoms with Gasteiger partial charge in [0.1, 0.15) is 11.5 Å². The fourth-order valence-corrected chi connectivity index (χ4v) is 4.69. The zero-order chi connectivity index (χ0) is 19.8. The molecule has 0 N–H and O–H groups in total. The molecular formula is C24H15NO2S2. The molecule has 5 rings (SSSR count). The summed E-state index contributed by atoms with van der Waals surface area (Å²) in [6, 6.07) is 27.6. The highest BCUT2D eigenvalue weighted by Crippen LogP contribution is 2.37. The highest BCUT2D eigenvalue weighted by molar-refractivity contribution is 8.27. The number of hydrogen-bond acceptors (Lipinski definition) is 4. The molecule has 0 unspecified atom stereocenters. The second-order valence-corrected chi connectivity index (χ2v) is 8.26. The van der Waals surface area contributed by atoms with E-state index in [1.165, 1.54) is 11.8 Å². The van der Waals surface area contributed by atoms with Gasteiger partial charge in [-0.05, 0) is 35.0 Å².